The minimum absolute atomic E-state index is 0.0251. The second kappa shape index (κ2) is 7.35. The number of carbonyl (C=O) groups excluding carboxylic acids is 2. The van der Waals surface area contributed by atoms with Gasteiger partial charge in [0.1, 0.15) is 11.9 Å². The normalized spacial score (nSPS) is 16.9. The molecule has 27 heavy (non-hydrogen) atoms. The molecule has 0 saturated carbocycles. The van der Waals surface area contributed by atoms with Crippen LogP contribution in [0.25, 0.3) is 0 Å². The Morgan fingerprint density at radius 2 is 1.85 bits per heavy atom. The van der Waals surface area contributed by atoms with Crippen LogP contribution in [0.2, 0.25) is 5.02 Å². The first kappa shape index (κ1) is 19.4. The highest BCUT2D eigenvalue weighted by atomic mass is 35.5. The average molecular weight is 389 g/mol. The molecule has 2 amide bonds. The van der Waals surface area contributed by atoms with Crippen LogP contribution in [0.3, 0.4) is 0 Å². The van der Waals surface area contributed by atoms with Gasteiger partial charge in [0.25, 0.3) is 0 Å². The van der Waals surface area contributed by atoms with Crippen molar-refractivity contribution in [3.63, 3.8) is 0 Å². The number of rotatable bonds is 6. The zero-order chi connectivity index (χ0) is 19.8. The molecule has 7 heteroatoms. The second-order valence-electron chi connectivity index (χ2n) is 7.67. The van der Waals surface area contributed by atoms with Crippen molar-refractivity contribution in [3.05, 3.63) is 53.1 Å². The van der Waals surface area contributed by atoms with Gasteiger partial charge in [0.05, 0.1) is 5.41 Å². The third-order valence-electron chi connectivity index (χ3n) is 5.27. The minimum Gasteiger partial charge on any atom is -0.369 e. The molecule has 144 valence electrons. The lowest BCUT2D eigenvalue weighted by molar-refractivity contribution is -0.154. The molecule has 6 nitrogen and oxygen atoms in total. The predicted molar refractivity (Wildman–Crippen MR) is 104 cm³/mol. The van der Waals surface area contributed by atoms with Crippen LogP contribution in [0.15, 0.2) is 36.7 Å². The van der Waals surface area contributed by atoms with E-state index in [1.165, 1.54) is 0 Å². The Bertz CT molecular complexity index is 838. The Hall–Kier alpha value is -2.34. The fourth-order valence-corrected chi connectivity index (χ4v) is 3.80. The summed E-state index contributed by atoms with van der Waals surface area (Å²) in [5.74, 6) is 0.697. The SMILES string of the molecule is CC(C)c1nccn1C(C)C(=O)N1CC(Cc2ccc(Cl)cc2)(C(N)=O)C1. The largest absolute Gasteiger partial charge is 0.369 e. The summed E-state index contributed by atoms with van der Waals surface area (Å²) in [7, 11) is 0. The number of imidazole rings is 1. The van der Waals surface area contributed by atoms with Crippen LogP contribution in [0.4, 0.5) is 0 Å². The lowest BCUT2D eigenvalue weighted by Gasteiger charge is -2.49. The summed E-state index contributed by atoms with van der Waals surface area (Å²) >= 11 is 5.92. The summed E-state index contributed by atoms with van der Waals surface area (Å²) in [5, 5.41) is 0.646. The standard InChI is InChI=1S/C20H25ClN4O2/c1-13(2)17-23-8-9-25(17)14(3)18(26)24-11-20(12-24,19(22)27)10-15-4-6-16(21)7-5-15/h4-9,13-14H,10-12H2,1-3H3,(H2,22,27). The Kier molecular flexibility index (Phi) is 5.29. The third kappa shape index (κ3) is 3.72. The van der Waals surface area contributed by atoms with Gasteiger partial charge in [0.15, 0.2) is 0 Å². The molecule has 1 aromatic carbocycles. The molecule has 3 rings (SSSR count). The molecule has 0 bridgehead atoms. The number of hydrogen-bond donors (Lipinski definition) is 1. The van der Waals surface area contributed by atoms with Gasteiger partial charge in [-0.2, -0.15) is 0 Å². The van der Waals surface area contributed by atoms with Crippen LogP contribution < -0.4 is 5.73 Å². The smallest absolute Gasteiger partial charge is 0.245 e. The van der Waals surface area contributed by atoms with E-state index in [-0.39, 0.29) is 23.8 Å². The number of benzene rings is 1. The number of likely N-dealkylation sites (tertiary alicyclic amines) is 1. The van der Waals surface area contributed by atoms with Crippen molar-refractivity contribution in [1.29, 1.82) is 0 Å². The monoisotopic (exact) mass is 388 g/mol. The number of nitrogens with two attached hydrogens (primary N) is 1. The summed E-state index contributed by atoms with van der Waals surface area (Å²) in [6.07, 6.45) is 4.04. The molecule has 2 heterocycles. The molecule has 0 radical (unpaired) electrons. The van der Waals surface area contributed by atoms with E-state index in [2.05, 4.69) is 4.98 Å². The van der Waals surface area contributed by atoms with Gasteiger partial charge in [-0.25, -0.2) is 4.98 Å². The molecule has 1 unspecified atom stereocenters. The van der Waals surface area contributed by atoms with Crippen molar-refractivity contribution in [2.75, 3.05) is 13.1 Å². The highest BCUT2D eigenvalue weighted by molar-refractivity contribution is 6.30. The van der Waals surface area contributed by atoms with E-state index >= 15 is 0 Å². The van der Waals surface area contributed by atoms with Crippen LogP contribution in [0.5, 0.6) is 0 Å². The second-order valence-corrected chi connectivity index (χ2v) is 8.10. The van der Waals surface area contributed by atoms with Gasteiger partial charge in [-0.3, -0.25) is 9.59 Å². The Morgan fingerprint density at radius 1 is 1.22 bits per heavy atom. The highest BCUT2D eigenvalue weighted by Crippen LogP contribution is 2.36. The zero-order valence-corrected chi connectivity index (χ0v) is 16.6. The van der Waals surface area contributed by atoms with E-state index in [0.29, 0.717) is 24.5 Å². The molecule has 2 N–H and O–H groups in total. The molecule has 1 saturated heterocycles. The van der Waals surface area contributed by atoms with E-state index in [0.717, 1.165) is 11.4 Å². The zero-order valence-electron chi connectivity index (χ0n) is 15.9. The number of aromatic nitrogens is 2. The molecule has 1 aliphatic rings. The maximum atomic E-state index is 12.9. The summed E-state index contributed by atoms with van der Waals surface area (Å²) < 4.78 is 1.90. The highest BCUT2D eigenvalue weighted by Gasteiger charge is 2.50. The van der Waals surface area contributed by atoms with Gasteiger partial charge in [0, 0.05) is 36.4 Å². The van der Waals surface area contributed by atoms with Crippen LogP contribution in [0.1, 0.15) is 44.1 Å². The van der Waals surface area contributed by atoms with E-state index in [9.17, 15) is 9.59 Å². The number of primary amides is 1. The fourth-order valence-electron chi connectivity index (χ4n) is 3.67. The molecule has 0 aliphatic carbocycles. The van der Waals surface area contributed by atoms with Crippen molar-refractivity contribution in [2.45, 2.75) is 39.2 Å². The molecule has 1 aliphatic heterocycles. The van der Waals surface area contributed by atoms with E-state index < -0.39 is 5.41 Å². The predicted octanol–water partition coefficient (Wildman–Crippen LogP) is 2.78. The van der Waals surface area contributed by atoms with Gasteiger partial charge in [-0.15, -0.1) is 0 Å². The number of amides is 2. The van der Waals surface area contributed by atoms with E-state index in [1.807, 2.05) is 43.7 Å². The van der Waals surface area contributed by atoms with Crippen molar-refractivity contribution in [1.82, 2.24) is 14.5 Å². The first-order chi connectivity index (χ1) is 12.7. The van der Waals surface area contributed by atoms with Crippen molar-refractivity contribution < 1.29 is 9.59 Å². The molecule has 1 aromatic heterocycles. The van der Waals surface area contributed by atoms with Gasteiger partial charge in [-0.05, 0) is 31.0 Å². The summed E-state index contributed by atoms with van der Waals surface area (Å²) in [4.78, 5) is 31.1. The van der Waals surface area contributed by atoms with Crippen LogP contribution in [0, 0.1) is 5.41 Å². The molecule has 1 atom stereocenters. The van der Waals surface area contributed by atoms with Gasteiger partial charge >= 0.3 is 0 Å². The number of halogens is 1. The average Bonchev–Trinajstić information content (AvgIpc) is 3.08. The number of nitrogens with zero attached hydrogens (tertiary/aromatic N) is 3. The first-order valence-corrected chi connectivity index (χ1v) is 9.47. The van der Waals surface area contributed by atoms with E-state index in [1.54, 1.807) is 23.2 Å². The lowest BCUT2D eigenvalue weighted by Crippen LogP contribution is -2.65. The third-order valence-corrected chi connectivity index (χ3v) is 5.52. The molecule has 1 fully saturated rings. The van der Waals surface area contributed by atoms with Gasteiger partial charge in [0.2, 0.25) is 11.8 Å². The van der Waals surface area contributed by atoms with Crippen molar-refractivity contribution in [3.8, 4) is 0 Å². The van der Waals surface area contributed by atoms with Crippen LogP contribution in [-0.4, -0.2) is 39.4 Å². The Morgan fingerprint density at radius 3 is 2.41 bits per heavy atom. The molecular weight excluding hydrogens is 364 g/mol. The van der Waals surface area contributed by atoms with Crippen LogP contribution >= 0.6 is 11.6 Å². The van der Waals surface area contributed by atoms with Crippen molar-refractivity contribution >= 4 is 23.4 Å². The topological polar surface area (TPSA) is 81.2 Å². The first-order valence-electron chi connectivity index (χ1n) is 9.09. The summed E-state index contributed by atoms with van der Waals surface area (Å²) in [5.41, 5.74) is 5.95. The van der Waals surface area contributed by atoms with Gasteiger partial charge in [-0.1, -0.05) is 37.6 Å². The molecule has 2 aromatic rings. The quantitative estimate of drug-likeness (QED) is 0.826. The van der Waals surface area contributed by atoms with E-state index in [4.69, 9.17) is 17.3 Å². The Balaban J connectivity index is 1.71. The summed E-state index contributed by atoms with van der Waals surface area (Å²) in [6.45, 7) is 6.62. The van der Waals surface area contributed by atoms with Gasteiger partial charge < -0.3 is 15.2 Å². The Labute approximate surface area is 164 Å². The fraction of sp³-hybridized carbons (Fsp3) is 0.450. The summed E-state index contributed by atoms with van der Waals surface area (Å²) in [6, 6.07) is 7.00. The maximum absolute atomic E-state index is 12.9. The number of carbonyl (C=O) groups is 2. The lowest BCUT2D eigenvalue weighted by atomic mass is 9.74. The minimum atomic E-state index is -0.723. The maximum Gasteiger partial charge on any atom is 0.245 e. The van der Waals surface area contributed by atoms with Crippen molar-refractivity contribution in [2.24, 2.45) is 11.1 Å². The number of hydrogen-bond acceptors (Lipinski definition) is 3. The molecule has 0 spiro atoms. The van der Waals surface area contributed by atoms with Crippen LogP contribution in [-0.2, 0) is 16.0 Å². The molecular formula is C20H25ClN4O2.